The third-order valence-corrected chi connectivity index (χ3v) is 3.60. The molecular formula is C13H27N3O. The van der Waals surface area contributed by atoms with Gasteiger partial charge in [-0.05, 0) is 39.8 Å². The molecule has 0 aromatic carbocycles. The molecule has 4 heteroatoms. The fourth-order valence-electron chi connectivity index (χ4n) is 2.41. The molecule has 1 amide bonds. The van der Waals surface area contributed by atoms with Crippen LogP contribution in [-0.4, -0.2) is 43.0 Å². The molecule has 17 heavy (non-hydrogen) atoms. The van der Waals surface area contributed by atoms with E-state index in [-0.39, 0.29) is 5.91 Å². The van der Waals surface area contributed by atoms with Crippen molar-refractivity contribution in [1.82, 2.24) is 10.2 Å². The Bertz CT molecular complexity index is 225. The van der Waals surface area contributed by atoms with Crippen LogP contribution in [0, 0.1) is 0 Å². The Morgan fingerprint density at radius 3 is 2.65 bits per heavy atom. The average Bonchev–Trinajstić information content (AvgIpc) is 2.35. The van der Waals surface area contributed by atoms with E-state index in [0.717, 1.165) is 25.6 Å². The van der Waals surface area contributed by atoms with E-state index in [2.05, 4.69) is 17.3 Å². The molecule has 1 aliphatic rings. The minimum Gasteiger partial charge on any atom is -0.355 e. The van der Waals surface area contributed by atoms with Gasteiger partial charge in [-0.1, -0.05) is 19.3 Å². The molecule has 0 aromatic heterocycles. The monoisotopic (exact) mass is 241 g/mol. The molecule has 1 atom stereocenters. The lowest BCUT2D eigenvalue weighted by Crippen LogP contribution is -2.40. The molecule has 1 rings (SSSR count). The smallest absolute Gasteiger partial charge is 0.236 e. The lowest BCUT2D eigenvalue weighted by Gasteiger charge is -2.31. The molecule has 3 N–H and O–H groups in total. The van der Waals surface area contributed by atoms with Gasteiger partial charge in [-0.2, -0.15) is 0 Å². The van der Waals surface area contributed by atoms with Crippen molar-refractivity contribution in [2.75, 3.05) is 20.1 Å². The molecule has 0 aromatic rings. The number of nitrogens with two attached hydrogens (primary N) is 1. The summed E-state index contributed by atoms with van der Waals surface area (Å²) >= 11 is 0. The summed E-state index contributed by atoms with van der Waals surface area (Å²) in [6.07, 6.45) is 7.82. The largest absolute Gasteiger partial charge is 0.355 e. The van der Waals surface area contributed by atoms with Gasteiger partial charge in [-0.15, -0.1) is 0 Å². The highest BCUT2D eigenvalue weighted by molar-refractivity contribution is 5.80. The Morgan fingerprint density at radius 1 is 1.41 bits per heavy atom. The van der Waals surface area contributed by atoms with Crippen molar-refractivity contribution in [3.05, 3.63) is 0 Å². The standard InChI is InChI=1S/C13H27N3O/c1-11(14)13(17)15-9-6-10-16(2)12-7-4-3-5-8-12/h11-12H,3-10,14H2,1-2H3,(H,15,17)/t11-/m1/s1. The van der Waals surface area contributed by atoms with Crippen molar-refractivity contribution < 1.29 is 4.79 Å². The van der Waals surface area contributed by atoms with Gasteiger partial charge in [0.1, 0.15) is 0 Å². The zero-order valence-corrected chi connectivity index (χ0v) is 11.2. The molecule has 0 saturated heterocycles. The highest BCUT2D eigenvalue weighted by Gasteiger charge is 2.17. The highest BCUT2D eigenvalue weighted by atomic mass is 16.2. The number of rotatable bonds is 6. The van der Waals surface area contributed by atoms with Crippen molar-refractivity contribution in [2.45, 2.75) is 57.5 Å². The minimum atomic E-state index is -0.397. The van der Waals surface area contributed by atoms with Crippen LogP contribution in [0.1, 0.15) is 45.4 Å². The first-order valence-corrected chi connectivity index (χ1v) is 6.85. The van der Waals surface area contributed by atoms with Gasteiger partial charge in [0.15, 0.2) is 0 Å². The number of nitrogens with zero attached hydrogens (tertiary/aromatic N) is 1. The van der Waals surface area contributed by atoms with Gasteiger partial charge in [0.05, 0.1) is 6.04 Å². The predicted molar refractivity (Wildman–Crippen MR) is 70.8 cm³/mol. The fourth-order valence-corrected chi connectivity index (χ4v) is 2.41. The summed E-state index contributed by atoms with van der Waals surface area (Å²) in [6, 6.07) is 0.360. The Balaban J connectivity index is 2.07. The van der Waals surface area contributed by atoms with E-state index in [1.54, 1.807) is 6.92 Å². The molecule has 0 aliphatic heterocycles. The second kappa shape index (κ2) is 7.67. The van der Waals surface area contributed by atoms with Gasteiger partial charge in [0.25, 0.3) is 0 Å². The van der Waals surface area contributed by atoms with Gasteiger partial charge in [0.2, 0.25) is 5.91 Å². The topological polar surface area (TPSA) is 58.4 Å². The summed E-state index contributed by atoms with van der Waals surface area (Å²) in [5, 5.41) is 2.85. The maximum absolute atomic E-state index is 11.2. The third-order valence-electron chi connectivity index (χ3n) is 3.60. The van der Waals surface area contributed by atoms with E-state index < -0.39 is 6.04 Å². The Hall–Kier alpha value is -0.610. The predicted octanol–water partition coefficient (Wildman–Crippen LogP) is 1.10. The summed E-state index contributed by atoms with van der Waals surface area (Å²) in [6.45, 7) is 3.50. The first kappa shape index (κ1) is 14.5. The molecule has 0 unspecified atom stereocenters. The number of hydrogen-bond acceptors (Lipinski definition) is 3. The highest BCUT2D eigenvalue weighted by Crippen LogP contribution is 2.21. The average molecular weight is 241 g/mol. The number of carbonyl (C=O) groups is 1. The fraction of sp³-hybridized carbons (Fsp3) is 0.923. The van der Waals surface area contributed by atoms with Crippen LogP contribution in [0.25, 0.3) is 0 Å². The van der Waals surface area contributed by atoms with Crippen LogP contribution in [-0.2, 0) is 4.79 Å². The van der Waals surface area contributed by atoms with Crippen LogP contribution in [0.2, 0.25) is 0 Å². The second-order valence-electron chi connectivity index (χ2n) is 5.21. The molecule has 0 spiro atoms. The van der Waals surface area contributed by atoms with E-state index in [9.17, 15) is 4.79 Å². The normalized spacial score (nSPS) is 19.3. The first-order valence-electron chi connectivity index (χ1n) is 6.85. The molecular weight excluding hydrogens is 214 g/mol. The van der Waals surface area contributed by atoms with Crippen molar-refractivity contribution in [3.63, 3.8) is 0 Å². The van der Waals surface area contributed by atoms with E-state index in [1.807, 2.05) is 0 Å². The van der Waals surface area contributed by atoms with Gasteiger partial charge in [0, 0.05) is 12.6 Å². The zero-order chi connectivity index (χ0) is 12.7. The number of nitrogens with one attached hydrogen (secondary N) is 1. The first-order chi connectivity index (χ1) is 8.11. The second-order valence-corrected chi connectivity index (χ2v) is 5.21. The number of carbonyl (C=O) groups excluding carboxylic acids is 1. The summed E-state index contributed by atoms with van der Waals surface area (Å²) < 4.78 is 0. The molecule has 100 valence electrons. The summed E-state index contributed by atoms with van der Waals surface area (Å²) in [5.41, 5.74) is 5.47. The van der Waals surface area contributed by atoms with Crippen LogP contribution < -0.4 is 11.1 Å². The van der Waals surface area contributed by atoms with E-state index in [4.69, 9.17) is 5.73 Å². The van der Waals surface area contributed by atoms with Gasteiger partial charge < -0.3 is 16.0 Å². The number of amides is 1. The van der Waals surface area contributed by atoms with Gasteiger partial charge in [-0.25, -0.2) is 0 Å². The van der Waals surface area contributed by atoms with Crippen molar-refractivity contribution in [2.24, 2.45) is 5.73 Å². The summed E-state index contributed by atoms with van der Waals surface area (Å²) in [4.78, 5) is 13.7. The molecule has 0 radical (unpaired) electrons. The Morgan fingerprint density at radius 2 is 2.06 bits per heavy atom. The van der Waals surface area contributed by atoms with Crippen LogP contribution in [0.15, 0.2) is 0 Å². The quantitative estimate of drug-likeness (QED) is 0.685. The maximum atomic E-state index is 11.2. The number of hydrogen-bond donors (Lipinski definition) is 2. The van der Waals surface area contributed by atoms with Crippen LogP contribution in [0.4, 0.5) is 0 Å². The third kappa shape index (κ3) is 5.50. The van der Waals surface area contributed by atoms with Gasteiger partial charge in [-0.3, -0.25) is 4.79 Å². The maximum Gasteiger partial charge on any atom is 0.236 e. The lowest BCUT2D eigenvalue weighted by molar-refractivity contribution is -0.121. The molecule has 1 aliphatic carbocycles. The molecule has 1 saturated carbocycles. The van der Waals surface area contributed by atoms with Gasteiger partial charge >= 0.3 is 0 Å². The molecule has 0 bridgehead atoms. The summed E-state index contributed by atoms with van der Waals surface area (Å²) in [7, 11) is 2.20. The zero-order valence-electron chi connectivity index (χ0n) is 11.2. The van der Waals surface area contributed by atoms with E-state index >= 15 is 0 Å². The molecule has 1 fully saturated rings. The molecule has 0 heterocycles. The lowest BCUT2D eigenvalue weighted by atomic mass is 9.94. The van der Waals surface area contributed by atoms with Crippen LogP contribution in [0.5, 0.6) is 0 Å². The summed E-state index contributed by atoms with van der Waals surface area (Å²) in [5.74, 6) is -0.0506. The van der Waals surface area contributed by atoms with Crippen molar-refractivity contribution in [3.8, 4) is 0 Å². The van der Waals surface area contributed by atoms with Crippen LogP contribution in [0.3, 0.4) is 0 Å². The van der Waals surface area contributed by atoms with Crippen molar-refractivity contribution >= 4 is 5.91 Å². The SMILES string of the molecule is C[C@@H](N)C(=O)NCCCN(C)C1CCCCC1. The van der Waals surface area contributed by atoms with E-state index in [1.165, 1.54) is 32.1 Å². The van der Waals surface area contributed by atoms with Crippen molar-refractivity contribution in [1.29, 1.82) is 0 Å². The minimum absolute atomic E-state index is 0.0506. The molecule has 4 nitrogen and oxygen atoms in total. The Kier molecular flexibility index (Phi) is 6.52. The van der Waals surface area contributed by atoms with Crippen LogP contribution >= 0.6 is 0 Å². The Labute approximate surface area is 105 Å². The van der Waals surface area contributed by atoms with E-state index in [0.29, 0.717) is 0 Å².